The first-order valence-corrected chi connectivity index (χ1v) is 4.50. The van der Waals surface area contributed by atoms with Crippen LogP contribution in [0.15, 0.2) is 12.7 Å². The smallest absolute Gasteiger partial charge is 0.246 e. The highest BCUT2D eigenvalue weighted by atomic mass is 16.2. The Balaban J connectivity index is 2.72. The molecule has 4 heteroatoms. The summed E-state index contributed by atoms with van der Waals surface area (Å²) in [4.78, 5) is 24.0. The Morgan fingerprint density at radius 2 is 2.50 bits per heavy atom. The van der Waals surface area contributed by atoms with Crippen molar-refractivity contribution in [3.8, 4) is 6.07 Å². The van der Waals surface area contributed by atoms with Crippen molar-refractivity contribution in [2.24, 2.45) is 0 Å². The molecule has 1 aliphatic rings. The van der Waals surface area contributed by atoms with E-state index in [1.165, 1.54) is 6.08 Å². The Kier molecular flexibility index (Phi) is 3.41. The van der Waals surface area contributed by atoms with Crippen molar-refractivity contribution in [3.63, 3.8) is 0 Å². The fourth-order valence-corrected chi connectivity index (χ4v) is 1.60. The average molecular weight is 192 g/mol. The van der Waals surface area contributed by atoms with Crippen LogP contribution < -0.4 is 0 Å². The van der Waals surface area contributed by atoms with E-state index in [0.29, 0.717) is 19.4 Å². The van der Waals surface area contributed by atoms with Gasteiger partial charge in [0.05, 0.1) is 18.5 Å². The third-order valence-electron chi connectivity index (χ3n) is 2.32. The largest absolute Gasteiger partial charge is 0.334 e. The summed E-state index contributed by atoms with van der Waals surface area (Å²) in [5.41, 5.74) is 0. The molecule has 0 aromatic rings. The van der Waals surface area contributed by atoms with E-state index in [1.54, 1.807) is 4.90 Å². The molecule has 0 saturated carbocycles. The molecule has 0 spiro atoms. The molecule has 0 aliphatic carbocycles. The number of Topliss-reactive ketones (excluding diaryl/α,β-unsaturated/α-hetero) is 1. The third kappa shape index (κ3) is 2.19. The lowest BCUT2D eigenvalue weighted by molar-refractivity contribution is -0.133. The maximum Gasteiger partial charge on any atom is 0.246 e. The van der Waals surface area contributed by atoms with Crippen LogP contribution in [0.2, 0.25) is 0 Å². The summed E-state index contributed by atoms with van der Waals surface area (Å²) < 4.78 is 0. The summed E-state index contributed by atoms with van der Waals surface area (Å²) in [7, 11) is 0. The van der Waals surface area contributed by atoms with E-state index in [-0.39, 0.29) is 24.2 Å². The summed E-state index contributed by atoms with van der Waals surface area (Å²) >= 11 is 0. The van der Waals surface area contributed by atoms with Crippen molar-refractivity contribution in [1.29, 1.82) is 5.26 Å². The molecule has 0 aromatic heterocycles. The molecule has 0 bridgehead atoms. The summed E-state index contributed by atoms with van der Waals surface area (Å²) in [6.45, 7) is 3.80. The highest BCUT2D eigenvalue weighted by Crippen LogP contribution is 2.17. The van der Waals surface area contributed by atoms with Gasteiger partial charge < -0.3 is 4.90 Å². The summed E-state index contributed by atoms with van der Waals surface area (Å²) in [5.74, 6) is -0.0730. The second-order valence-corrected chi connectivity index (χ2v) is 3.24. The van der Waals surface area contributed by atoms with Crippen LogP contribution in [0.5, 0.6) is 0 Å². The standard InChI is InChI=1S/C10H12N2O2/c1-2-10(14)12-6-4-9(13)7-8(12)3-5-11/h2,8H,1,3-4,6-7H2. The molecule has 74 valence electrons. The van der Waals surface area contributed by atoms with Gasteiger partial charge in [0, 0.05) is 19.4 Å². The zero-order valence-corrected chi connectivity index (χ0v) is 7.90. The van der Waals surface area contributed by atoms with Gasteiger partial charge in [0.1, 0.15) is 5.78 Å². The van der Waals surface area contributed by atoms with Gasteiger partial charge in [-0.3, -0.25) is 9.59 Å². The van der Waals surface area contributed by atoms with Crippen LogP contribution in [0.3, 0.4) is 0 Å². The topological polar surface area (TPSA) is 61.2 Å². The zero-order chi connectivity index (χ0) is 10.6. The number of carbonyl (C=O) groups excluding carboxylic acids is 2. The SMILES string of the molecule is C=CC(=O)N1CCC(=O)CC1CC#N. The van der Waals surface area contributed by atoms with Gasteiger partial charge in [-0.2, -0.15) is 5.26 Å². The lowest BCUT2D eigenvalue weighted by Gasteiger charge is -2.32. The van der Waals surface area contributed by atoms with Crippen LogP contribution in [-0.2, 0) is 9.59 Å². The molecule has 1 fully saturated rings. The molecular weight excluding hydrogens is 180 g/mol. The Morgan fingerprint density at radius 3 is 3.07 bits per heavy atom. The van der Waals surface area contributed by atoms with Crippen LogP contribution in [-0.4, -0.2) is 29.2 Å². The number of nitriles is 1. The van der Waals surface area contributed by atoms with E-state index < -0.39 is 0 Å². The number of carbonyl (C=O) groups is 2. The molecule has 1 heterocycles. The molecule has 1 aliphatic heterocycles. The molecule has 0 N–H and O–H groups in total. The van der Waals surface area contributed by atoms with Crippen LogP contribution >= 0.6 is 0 Å². The van der Waals surface area contributed by atoms with Crippen molar-refractivity contribution in [1.82, 2.24) is 4.90 Å². The quantitative estimate of drug-likeness (QED) is 0.603. The summed E-state index contributed by atoms with van der Waals surface area (Å²) in [5, 5.41) is 8.55. The van der Waals surface area contributed by atoms with Crippen LogP contribution in [0.4, 0.5) is 0 Å². The minimum atomic E-state index is -0.258. The van der Waals surface area contributed by atoms with E-state index in [0.717, 1.165) is 0 Å². The number of ketones is 1. The van der Waals surface area contributed by atoms with Crippen LogP contribution in [0, 0.1) is 11.3 Å². The van der Waals surface area contributed by atoms with Crippen molar-refractivity contribution < 1.29 is 9.59 Å². The van der Waals surface area contributed by atoms with E-state index >= 15 is 0 Å². The monoisotopic (exact) mass is 192 g/mol. The predicted octanol–water partition coefficient (Wildman–Crippen LogP) is 0.646. The lowest BCUT2D eigenvalue weighted by Crippen LogP contribution is -2.45. The zero-order valence-electron chi connectivity index (χ0n) is 7.90. The maximum atomic E-state index is 11.3. The van der Waals surface area contributed by atoms with E-state index in [1.807, 2.05) is 6.07 Å². The summed E-state index contributed by atoms with van der Waals surface area (Å²) in [6, 6.07) is 1.73. The highest BCUT2D eigenvalue weighted by molar-refractivity contribution is 5.90. The highest BCUT2D eigenvalue weighted by Gasteiger charge is 2.28. The number of likely N-dealkylation sites (tertiary alicyclic amines) is 1. The molecule has 1 unspecified atom stereocenters. The Bertz CT molecular complexity index is 304. The molecule has 1 atom stereocenters. The number of rotatable bonds is 2. The first kappa shape index (κ1) is 10.5. The van der Waals surface area contributed by atoms with Gasteiger partial charge in [0.15, 0.2) is 0 Å². The normalized spacial score (nSPS) is 21.5. The maximum absolute atomic E-state index is 11.3. The van der Waals surface area contributed by atoms with Gasteiger partial charge in [-0.15, -0.1) is 0 Å². The van der Waals surface area contributed by atoms with Gasteiger partial charge in [-0.25, -0.2) is 0 Å². The second kappa shape index (κ2) is 4.56. The van der Waals surface area contributed by atoms with Crippen molar-refractivity contribution in [3.05, 3.63) is 12.7 Å². The predicted molar refractivity (Wildman–Crippen MR) is 50.2 cm³/mol. The second-order valence-electron chi connectivity index (χ2n) is 3.24. The van der Waals surface area contributed by atoms with Crippen molar-refractivity contribution in [2.45, 2.75) is 25.3 Å². The Labute approximate surface area is 82.8 Å². The number of nitrogens with zero attached hydrogens (tertiary/aromatic N) is 2. The molecule has 4 nitrogen and oxygen atoms in total. The number of hydrogen-bond donors (Lipinski definition) is 0. The first-order valence-electron chi connectivity index (χ1n) is 4.50. The average Bonchev–Trinajstić information content (AvgIpc) is 2.17. The third-order valence-corrected chi connectivity index (χ3v) is 2.32. The Morgan fingerprint density at radius 1 is 1.79 bits per heavy atom. The molecule has 1 rings (SSSR count). The van der Waals surface area contributed by atoms with E-state index in [9.17, 15) is 9.59 Å². The van der Waals surface area contributed by atoms with E-state index in [4.69, 9.17) is 5.26 Å². The number of piperidine rings is 1. The molecule has 0 aromatic carbocycles. The summed E-state index contributed by atoms with van der Waals surface area (Å²) in [6.07, 6.45) is 2.13. The van der Waals surface area contributed by atoms with Crippen molar-refractivity contribution >= 4 is 11.7 Å². The van der Waals surface area contributed by atoms with Gasteiger partial charge in [0.2, 0.25) is 5.91 Å². The minimum absolute atomic E-state index is 0.123. The molecule has 14 heavy (non-hydrogen) atoms. The van der Waals surface area contributed by atoms with E-state index in [2.05, 4.69) is 6.58 Å². The fraction of sp³-hybridized carbons (Fsp3) is 0.500. The Hall–Kier alpha value is -1.63. The van der Waals surface area contributed by atoms with Gasteiger partial charge >= 0.3 is 0 Å². The van der Waals surface area contributed by atoms with Crippen LogP contribution in [0.1, 0.15) is 19.3 Å². The number of hydrogen-bond acceptors (Lipinski definition) is 3. The minimum Gasteiger partial charge on any atom is -0.334 e. The van der Waals surface area contributed by atoms with Gasteiger partial charge in [-0.1, -0.05) is 6.58 Å². The molecule has 0 radical (unpaired) electrons. The van der Waals surface area contributed by atoms with Crippen LogP contribution in [0.25, 0.3) is 0 Å². The van der Waals surface area contributed by atoms with Gasteiger partial charge in [-0.05, 0) is 6.08 Å². The van der Waals surface area contributed by atoms with Gasteiger partial charge in [0.25, 0.3) is 0 Å². The molecular formula is C10H12N2O2. The molecule has 1 amide bonds. The first-order chi connectivity index (χ1) is 6.69. The molecule has 1 saturated heterocycles. The fourth-order valence-electron chi connectivity index (χ4n) is 1.60. The number of amides is 1. The lowest BCUT2D eigenvalue weighted by atomic mass is 9.98. The van der Waals surface area contributed by atoms with Crippen molar-refractivity contribution in [2.75, 3.05) is 6.54 Å².